The highest BCUT2D eigenvalue weighted by Crippen LogP contribution is 2.46. The van der Waals surface area contributed by atoms with Gasteiger partial charge in [0.1, 0.15) is 22.3 Å². The largest absolute Gasteiger partial charge is 0.456 e. The Labute approximate surface area is 295 Å². The second kappa shape index (κ2) is 11.9. The smallest absolute Gasteiger partial charge is 0.137 e. The average molecular weight is 654 g/mol. The van der Waals surface area contributed by atoms with Gasteiger partial charge in [-0.1, -0.05) is 127 Å². The van der Waals surface area contributed by atoms with Crippen LogP contribution in [-0.2, 0) is 0 Å². The number of fused-ring (bicyclic) bond motifs is 6. The Morgan fingerprint density at radius 3 is 1.53 bits per heavy atom. The zero-order chi connectivity index (χ0) is 33.7. The number of rotatable bonds is 6. The number of furan rings is 2. The van der Waals surface area contributed by atoms with Crippen molar-refractivity contribution in [2.24, 2.45) is 0 Å². The Kier molecular flexibility index (Phi) is 6.81. The first-order valence-electron chi connectivity index (χ1n) is 17.3. The fourth-order valence-electron chi connectivity index (χ4n) is 7.49. The quantitative estimate of drug-likeness (QED) is 0.179. The van der Waals surface area contributed by atoms with E-state index in [1.165, 1.54) is 16.7 Å². The first-order valence-corrected chi connectivity index (χ1v) is 17.3. The molecule has 240 valence electrons. The second-order valence-electron chi connectivity index (χ2n) is 12.9. The number of hydrogen-bond acceptors (Lipinski definition) is 3. The van der Waals surface area contributed by atoms with E-state index < -0.39 is 0 Å². The van der Waals surface area contributed by atoms with E-state index in [9.17, 15) is 0 Å². The van der Waals surface area contributed by atoms with Gasteiger partial charge in [-0.25, -0.2) is 0 Å². The van der Waals surface area contributed by atoms with Crippen LogP contribution in [0.25, 0.3) is 77.3 Å². The number of nitrogens with zero attached hydrogens (tertiary/aromatic N) is 1. The van der Waals surface area contributed by atoms with E-state index in [1.54, 1.807) is 0 Å². The third-order valence-corrected chi connectivity index (χ3v) is 9.88. The number of anilines is 3. The summed E-state index contributed by atoms with van der Waals surface area (Å²) in [5.41, 5.74) is 13.6. The third kappa shape index (κ3) is 4.98. The zero-order valence-corrected chi connectivity index (χ0v) is 27.7. The average Bonchev–Trinajstić information content (AvgIpc) is 3.77. The van der Waals surface area contributed by atoms with Crippen LogP contribution in [-0.4, -0.2) is 0 Å². The molecule has 0 unspecified atom stereocenters. The molecule has 2 heterocycles. The maximum absolute atomic E-state index is 6.44. The molecule has 2 aromatic heterocycles. The summed E-state index contributed by atoms with van der Waals surface area (Å²) in [5, 5.41) is 4.38. The fraction of sp³-hybridized carbons (Fsp3) is 0. The Hall–Kier alpha value is -6.84. The highest BCUT2D eigenvalue weighted by Gasteiger charge is 2.21. The molecule has 0 N–H and O–H groups in total. The van der Waals surface area contributed by atoms with Crippen molar-refractivity contribution in [3.8, 4) is 33.4 Å². The maximum atomic E-state index is 6.44. The van der Waals surface area contributed by atoms with Crippen molar-refractivity contribution in [3.63, 3.8) is 0 Å². The van der Waals surface area contributed by atoms with Crippen molar-refractivity contribution in [1.29, 1.82) is 0 Å². The van der Waals surface area contributed by atoms with E-state index >= 15 is 0 Å². The van der Waals surface area contributed by atoms with E-state index in [0.717, 1.165) is 77.6 Å². The predicted octanol–water partition coefficient (Wildman–Crippen LogP) is 14.0. The van der Waals surface area contributed by atoms with Crippen LogP contribution in [0.3, 0.4) is 0 Å². The molecule has 0 saturated heterocycles. The molecular weight excluding hydrogens is 623 g/mol. The van der Waals surface area contributed by atoms with Crippen molar-refractivity contribution in [3.05, 3.63) is 188 Å². The van der Waals surface area contributed by atoms with E-state index in [0.29, 0.717) is 0 Å². The lowest BCUT2D eigenvalue weighted by Crippen LogP contribution is -2.11. The van der Waals surface area contributed by atoms with Gasteiger partial charge in [0.15, 0.2) is 0 Å². The lowest BCUT2D eigenvalue weighted by Gasteiger charge is -2.28. The van der Waals surface area contributed by atoms with Gasteiger partial charge in [-0.05, 0) is 82.4 Å². The highest BCUT2D eigenvalue weighted by molar-refractivity contribution is 6.08. The van der Waals surface area contributed by atoms with Crippen LogP contribution in [0.1, 0.15) is 0 Å². The van der Waals surface area contributed by atoms with Gasteiger partial charge in [-0.3, -0.25) is 0 Å². The van der Waals surface area contributed by atoms with Gasteiger partial charge < -0.3 is 13.7 Å². The molecule has 0 aliphatic carbocycles. The summed E-state index contributed by atoms with van der Waals surface area (Å²) in [6.45, 7) is 0. The zero-order valence-electron chi connectivity index (χ0n) is 27.7. The standard InChI is InChI=1S/C48H31NO2/c1-3-13-32(14-4-1)37-17-7-8-18-38(37)34-23-27-44(42(29-34)33-15-5-2-6-16-33)49(35-25-28-47-43(30-35)40-20-10-12-22-46(40)50-47)36-24-26-41-39-19-9-11-21-45(39)51-48(41)31-36/h1-31H. The molecular formula is C48H31NO2. The van der Waals surface area contributed by atoms with Crippen LogP contribution >= 0.6 is 0 Å². The Morgan fingerprint density at radius 2 is 0.804 bits per heavy atom. The number of hydrogen-bond donors (Lipinski definition) is 0. The van der Waals surface area contributed by atoms with Crippen LogP contribution in [0, 0.1) is 0 Å². The molecule has 51 heavy (non-hydrogen) atoms. The maximum Gasteiger partial charge on any atom is 0.137 e. The van der Waals surface area contributed by atoms with Crippen LogP contribution in [0.2, 0.25) is 0 Å². The molecule has 0 spiro atoms. The molecule has 0 fully saturated rings. The molecule has 0 bridgehead atoms. The first kappa shape index (κ1) is 29.1. The SMILES string of the molecule is c1ccc(-c2ccccc2-c2ccc(N(c3ccc4c(c3)oc3ccccc34)c3ccc4oc5ccccc5c4c3)c(-c3ccccc3)c2)cc1. The van der Waals surface area contributed by atoms with Gasteiger partial charge in [0.25, 0.3) is 0 Å². The van der Waals surface area contributed by atoms with E-state index in [4.69, 9.17) is 8.83 Å². The Bertz CT molecular complexity index is 2860. The van der Waals surface area contributed by atoms with Crippen LogP contribution < -0.4 is 4.90 Å². The normalized spacial score (nSPS) is 11.5. The molecule has 10 aromatic rings. The van der Waals surface area contributed by atoms with E-state index in [1.807, 2.05) is 24.3 Å². The Balaban J connectivity index is 1.23. The summed E-state index contributed by atoms with van der Waals surface area (Å²) >= 11 is 0. The molecule has 0 amide bonds. The van der Waals surface area contributed by atoms with Gasteiger partial charge in [0, 0.05) is 44.5 Å². The third-order valence-electron chi connectivity index (χ3n) is 9.88. The van der Waals surface area contributed by atoms with Gasteiger partial charge >= 0.3 is 0 Å². The molecule has 3 nitrogen and oxygen atoms in total. The second-order valence-corrected chi connectivity index (χ2v) is 12.9. The number of benzene rings is 8. The van der Waals surface area contributed by atoms with Gasteiger partial charge in [0.05, 0.1) is 5.69 Å². The Morgan fingerprint density at radius 1 is 0.294 bits per heavy atom. The molecule has 10 rings (SSSR count). The highest BCUT2D eigenvalue weighted by atomic mass is 16.3. The summed E-state index contributed by atoms with van der Waals surface area (Å²) in [6, 6.07) is 66.3. The van der Waals surface area contributed by atoms with Crippen LogP contribution in [0.5, 0.6) is 0 Å². The first-order chi connectivity index (χ1) is 25.3. The van der Waals surface area contributed by atoms with Gasteiger partial charge in [-0.2, -0.15) is 0 Å². The van der Waals surface area contributed by atoms with E-state index in [-0.39, 0.29) is 0 Å². The van der Waals surface area contributed by atoms with Gasteiger partial charge in [-0.15, -0.1) is 0 Å². The lowest BCUT2D eigenvalue weighted by atomic mass is 9.91. The molecule has 0 atom stereocenters. The molecule has 3 heteroatoms. The molecule has 0 radical (unpaired) electrons. The summed E-state index contributed by atoms with van der Waals surface area (Å²) in [7, 11) is 0. The molecule has 0 aliphatic rings. The monoisotopic (exact) mass is 653 g/mol. The van der Waals surface area contributed by atoms with Crippen molar-refractivity contribution < 1.29 is 8.83 Å². The van der Waals surface area contributed by atoms with Crippen molar-refractivity contribution in [1.82, 2.24) is 0 Å². The topological polar surface area (TPSA) is 29.5 Å². The van der Waals surface area contributed by atoms with Crippen molar-refractivity contribution >= 4 is 60.9 Å². The van der Waals surface area contributed by atoms with E-state index in [2.05, 4.69) is 169 Å². The fourth-order valence-corrected chi connectivity index (χ4v) is 7.49. The molecule has 0 saturated carbocycles. The van der Waals surface area contributed by atoms with Crippen molar-refractivity contribution in [2.45, 2.75) is 0 Å². The summed E-state index contributed by atoms with van der Waals surface area (Å²) in [6.07, 6.45) is 0. The van der Waals surface area contributed by atoms with Crippen LogP contribution in [0.4, 0.5) is 17.1 Å². The van der Waals surface area contributed by atoms with Gasteiger partial charge in [0.2, 0.25) is 0 Å². The lowest BCUT2D eigenvalue weighted by molar-refractivity contribution is 0.668. The minimum absolute atomic E-state index is 0.850. The minimum Gasteiger partial charge on any atom is -0.456 e. The molecule has 0 aliphatic heterocycles. The number of para-hydroxylation sites is 2. The summed E-state index contributed by atoms with van der Waals surface area (Å²) in [4.78, 5) is 2.35. The summed E-state index contributed by atoms with van der Waals surface area (Å²) in [5.74, 6) is 0. The predicted molar refractivity (Wildman–Crippen MR) is 212 cm³/mol. The van der Waals surface area contributed by atoms with Crippen molar-refractivity contribution in [2.75, 3.05) is 4.90 Å². The van der Waals surface area contributed by atoms with Crippen LogP contribution in [0.15, 0.2) is 197 Å². The minimum atomic E-state index is 0.850. The molecule has 8 aromatic carbocycles. The summed E-state index contributed by atoms with van der Waals surface area (Å²) < 4.78 is 12.7.